The molecule has 1 saturated carbocycles. The van der Waals surface area contributed by atoms with E-state index < -0.39 is 22.6 Å². The van der Waals surface area contributed by atoms with E-state index in [2.05, 4.69) is 13.8 Å². The van der Waals surface area contributed by atoms with E-state index in [1.807, 2.05) is 19.1 Å². The van der Waals surface area contributed by atoms with Crippen molar-refractivity contribution < 1.29 is 24.2 Å². The van der Waals surface area contributed by atoms with Crippen LogP contribution in [0.4, 0.5) is 5.69 Å². The zero-order chi connectivity index (χ0) is 21.1. The SMILES string of the molecule is CC1=C(/C=C\c2ccc([N+](=O)[O-])cc2)O[C@@H]2O[C@@]3(C)CC[C@H]4[C@H](C)CC[C@@H]1[C@@]24OO3. The van der Waals surface area contributed by atoms with Gasteiger partial charge in [0, 0.05) is 30.4 Å². The number of benzene rings is 1. The van der Waals surface area contributed by atoms with E-state index in [0.29, 0.717) is 11.8 Å². The minimum absolute atomic E-state index is 0.0778. The normalized spacial score (nSPS) is 40.1. The molecule has 4 fully saturated rings. The molecule has 0 unspecified atom stereocenters. The van der Waals surface area contributed by atoms with Crippen molar-refractivity contribution in [2.24, 2.45) is 17.8 Å². The highest BCUT2D eigenvalue weighted by atomic mass is 17.3. The smallest absolute Gasteiger partial charge is 0.269 e. The summed E-state index contributed by atoms with van der Waals surface area (Å²) in [6, 6.07) is 6.47. The molecule has 6 atom stereocenters. The van der Waals surface area contributed by atoms with Gasteiger partial charge in [0.25, 0.3) is 5.69 Å². The van der Waals surface area contributed by atoms with Gasteiger partial charge < -0.3 is 9.47 Å². The molecule has 0 N–H and O–H groups in total. The van der Waals surface area contributed by atoms with Crippen LogP contribution >= 0.6 is 0 Å². The Kier molecular flexibility index (Phi) is 4.54. The summed E-state index contributed by atoms with van der Waals surface area (Å²) >= 11 is 0. The number of non-ortho nitro benzene ring substituents is 1. The Morgan fingerprint density at radius 3 is 2.63 bits per heavy atom. The van der Waals surface area contributed by atoms with E-state index in [0.717, 1.165) is 42.6 Å². The average molecular weight is 413 g/mol. The van der Waals surface area contributed by atoms with Gasteiger partial charge in [0.2, 0.25) is 12.1 Å². The van der Waals surface area contributed by atoms with E-state index in [1.165, 1.54) is 12.1 Å². The maximum Gasteiger partial charge on any atom is 0.269 e. The quantitative estimate of drug-likeness (QED) is 0.388. The van der Waals surface area contributed by atoms with Gasteiger partial charge in [-0.3, -0.25) is 10.1 Å². The molecule has 160 valence electrons. The molecular weight excluding hydrogens is 386 g/mol. The molecule has 6 rings (SSSR count). The van der Waals surface area contributed by atoms with Gasteiger partial charge in [0.1, 0.15) is 5.76 Å². The number of nitro benzene ring substituents is 1. The van der Waals surface area contributed by atoms with E-state index in [9.17, 15) is 10.1 Å². The molecule has 0 amide bonds. The summed E-state index contributed by atoms with van der Waals surface area (Å²) < 4.78 is 12.7. The van der Waals surface area contributed by atoms with Crippen LogP contribution in [-0.4, -0.2) is 22.6 Å². The molecule has 0 radical (unpaired) electrons. The maximum atomic E-state index is 10.9. The zero-order valence-electron chi connectivity index (χ0n) is 17.5. The van der Waals surface area contributed by atoms with Gasteiger partial charge in [-0.15, -0.1) is 0 Å². The monoisotopic (exact) mass is 413 g/mol. The molecule has 2 bridgehead atoms. The van der Waals surface area contributed by atoms with Gasteiger partial charge in [-0.1, -0.05) is 13.0 Å². The van der Waals surface area contributed by atoms with E-state index in [1.54, 1.807) is 12.1 Å². The molecule has 3 saturated heterocycles. The largest absolute Gasteiger partial charge is 0.462 e. The first kappa shape index (κ1) is 19.7. The number of nitro groups is 1. The second kappa shape index (κ2) is 6.90. The van der Waals surface area contributed by atoms with Crippen molar-refractivity contribution >= 4 is 11.8 Å². The lowest BCUT2D eigenvalue weighted by Crippen LogP contribution is -2.66. The third kappa shape index (κ3) is 2.91. The van der Waals surface area contributed by atoms with Crippen molar-refractivity contribution in [3.05, 3.63) is 57.4 Å². The lowest BCUT2D eigenvalue weighted by molar-refractivity contribution is -0.555. The second-order valence-corrected chi connectivity index (χ2v) is 9.20. The summed E-state index contributed by atoms with van der Waals surface area (Å²) in [6.45, 7) is 6.30. The highest BCUT2D eigenvalue weighted by Gasteiger charge is 2.68. The van der Waals surface area contributed by atoms with Crippen LogP contribution in [0.3, 0.4) is 0 Å². The van der Waals surface area contributed by atoms with E-state index >= 15 is 0 Å². The summed E-state index contributed by atoms with van der Waals surface area (Å²) in [5, 5.41) is 10.9. The highest BCUT2D eigenvalue weighted by molar-refractivity contribution is 5.55. The highest BCUT2D eigenvalue weighted by Crippen LogP contribution is 2.60. The van der Waals surface area contributed by atoms with Crippen LogP contribution < -0.4 is 0 Å². The van der Waals surface area contributed by atoms with Crippen LogP contribution in [0, 0.1) is 27.9 Å². The Hall–Kier alpha value is -2.22. The topological polar surface area (TPSA) is 80.1 Å². The molecule has 7 heteroatoms. The number of rotatable bonds is 3. The molecule has 4 heterocycles. The van der Waals surface area contributed by atoms with Gasteiger partial charge in [-0.2, -0.15) is 0 Å². The second-order valence-electron chi connectivity index (χ2n) is 9.20. The van der Waals surface area contributed by atoms with Gasteiger partial charge in [0.05, 0.1) is 4.92 Å². The van der Waals surface area contributed by atoms with Crippen LogP contribution in [0.25, 0.3) is 6.08 Å². The van der Waals surface area contributed by atoms with Crippen LogP contribution in [0.2, 0.25) is 0 Å². The van der Waals surface area contributed by atoms with Crippen molar-refractivity contribution in [3.63, 3.8) is 0 Å². The average Bonchev–Trinajstić information content (AvgIpc) is 2.96. The van der Waals surface area contributed by atoms with Crippen molar-refractivity contribution in [2.45, 2.75) is 64.1 Å². The molecule has 30 heavy (non-hydrogen) atoms. The molecule has 5 aliphatic rings. The Balaban J connectivity index is 1.49. The third-order valence-electron chi connectivity index (χ3n) is 7.39. The van der Waals surface area contributed by atoms with E-state index in [-0.39, 0.29) is 11.6 Å². The molecule has 0 aromatic heterocycles. The fourth-order valence-corrected chi connectivity index (χ4v) is 5.69. The lowest BCUT2D eigenvalue weighted by atomic mass is 9.59. The summed E-state index contributed by atoms with van der Waals surface area (Å²) in [4.78, 5) is 22.4. The Labute approximate surface area is 175 Å². The Bertz CT molecular complexity index is 924. The number of allylic oxidation sites excluding steroid dienone is 1. The van der Waals surface area contributed by atoms with E-state index in [4.69, 9.17) is 19.2 Å². The molecular formula is C23H27NO6. The fourth-order valence-electron chi connectivity index (χ4n) is 5.69. The number of hydrogen-bond donors (Lipinski definition) is 0. The predicted octanol–water partition coefficient (Wildman–Crippen LogP) is 5.13. The fraction of sp³-hybridized carbons (Fsp3) is 0.565. The summed E-state index contributed by atoms with van der Waals surface area (Å²) in [6.07, 6.45) is 7.25. The van der Waals surface area contributed by atoms with Crippen molar-refractivity contribution in [2.75, 3.05) is 0 Å². The predicted molar refractivity (Wildman–Crippen MR) is 109 cm³/mol. The summed E-state index contributed by atoms with van der Waals surface area (Å²) in [7, 11) is 0. The molecule has 1 aromatic rings. The summed E-state index contributed by atoms with van der Waals surface area (Å²) in [5.41, 5.74) is 1.48. The molecule has 1 spiro atoms. The van der Waals surface area contributed by atoms with Crippen LogP contribution in [0.5, 0.6) is 0 Å². The first-order chi connectivity index (χ1) is 14.3. The Morgan fingerprint density at radius 2 is 1.90 bits per heavy atom. The van der Waals surface area contributed by atoms with Crippen LogP contribution in [-0.2, 0) is 19.2 Å². The van der Waals surface area contributed by atoms with Crippen LogP contribution in [0.1, 0.15) is 52.0 Å². The molecule has 1 aliphatic carbocycles. The third-order valence-corrected chi connectivity index (χ3v) is 7.39. The lowest BCUT2D eigenvalue weighted by Gasteiger charge is -2.57. The first-order valence-electron chi connectivity index (χ1n) is 10.7. The standard InChI is InChI=1S/C23H27NO6/c1-14-4-10-19-15(2)20(11-7-16-5-8-17(9-6-16)24(25)26)27-21-23(19)18(14)12-13-22(3,28-21)29-30-23/h5-9,11,14,18-19,21H,4,10,12-13H2,1-3H3/b11-7-/t14-,18+,19+,21-,22-,23-/m1/s1. The van der Waals surface area contributed by atoms with Crippen molar-refractivity contribution in [1.29, 1.82) is 0 Å². The minimum Gasteiger partial charge on any atom is -0.462 e. The first-order valence-corrected chi connectivity index (χ1v) is 10.7. The number of nitrogens with zero attached hydrogens (tertiary/aromatic N) is 1. The Morgan fingerprint density at radius 1 is 1.13 bits per heavy atom. The summed E-state index contributed by atoms with van der Waals surface area (Å²) in [5.74, 6) is 0.986. The molecule has 1 aromatic carbocycles. The number of hydrogen-bond acceptors (Lipinski definition) is 6. The van der Waals surface area contributed by atoms with Gasteiger partial charge in [-0.25, -0.2) is 9.78 Å². The minimum atomic E-state index is -0.796. The number of ether oxygens (including phenoxy) is 2. The number of fused-ring (bicyclic) bond motifs is 2. The van der Waals surface area contributed by atoms with Gasteiger partial charge >= 0.3 is 0 Å². The van der Waals surface area contributed by atoms with Crippen LogP contribution in [0.15, 0.2) is 41.7 Å². The van der Waals surface area contributed by atoms with Gasteiger partial charge in [0.15, 0.2) is 5.60 Å². The molecule has 7 nitrogen and oxygen atoms in total. The van der Waals surface area contributed by atoms with Crippen molar-refractivity contribution in [1.82, 2.24) is 0 Å². The molecule has 4 aliphatic heterocycles. The zero-order valence-corrected chi connectivity index (χ0v) is 17.5. The van der Waals surface area contributed by atoms with Crippen molar-refractivity contribution in [3.8, 4) is 0 Å². The van der Waals surface area contributed by atoms with Gasteiger partial charge in [-0.05, 0) is 68.4 Å². The maximum absolute atomic E-state index is 10.9.